The van der Waals surface area contributed by atoms with Crippen molar-refractivity contribution in [3.8, 4) is 5.75 Å². The zero-order chi connectivity index (χ0) is 17.6. The first-order valence-electron chi connectivity index (χ1n) is 8.32. The highest BCUT2D eigenvalue weighted by atomic mass is 16.5. The normalized spacial score (nSPS) is 16.6. The first-order chi connectivity index (χ1) is 12.2. The van der Waals surface area contributed by atoms with E-state index in [2.05, 4.69) is 10.6 Å². The van der Waals surface area contributed by atoms with Gasteiger partial charge in [-0.3, -0.25) is 4.79 Å². The minimum atomic E-state index is -0.347. The topological polar surface area (TPSA) is 70.7 Å². The Hall–Kier alpha value is -3.02. The second-order valence-corrected chi connectivity index (χ2v) is 5.77. The molecule has 0 spiro atoms. The SMILES string of the molecule is CCOc1ccccc1NC(=O)N[C@@H]1CC(=O)N(c2ccccc2)C1. The van der Waals surface area contributed by atoms with E-state index in [1.54, 1.807) is 17.0 Å². The lowest BCUT2D eigenvalue weighted by molar-refractivity contribution is -0.117. The summed E-state index contributed by atoms with van der Waals surface area (Å²) < 4.78 is 5.49. The lowest BCUT2D eigenvalue weighted by Gasteiger charge is -2.17. The van der Waals surface area contributed by atoms with Crippen molar-refractivity contribution in [2.45, 2.75) is 19.4 Å². The van der Waals surface area contributed by atoms with Gasteiger partial charge in [0.2, 0.25) is 5.91 Å². The van der Waals surface area contributed by atoms with Gasteiger partial charge < -0.3 is 20.3 Å². The summed E-state index contributed by atoms with van der Waals surface area (Å²) >= 11 is 0. The van der Waals surface area contributed by atoms with Crippen molar-refractivity contribution >= 4 is 23.3 Å². The molecule has 2 aromatic rings. The highest BCUT2D eigenvalue weighted by molar-refractivity contribution is 5.97. The number of anilines is 2. The average molecular weight is 339 g/mol. The van der Waals surface area contributed by atoms with Gasteiger partial charge in [0.1, 0.15) is 5.75 Å². The summed E-state index contributed by atoms with van der Waals surface area (Å²) in [6.07, 6.45) is 0.287. The van der Waals surface area contributed by atoms with Crippen molar-refractivity contribution in [3.63, 3.8) is 0 Å². The molecule has 0 unspecified atom stereocenters. The molecule has 0 aromatic heterocycles. The third kappa shape index (κ3) is 4.09. The summed E-state index contributed by atoms with van der Waals surface area (Å²) in [6, 6.07) is 16.1. The predicted octanol–water partition coefficient (Wildman–Crippen LogP) is 3.01. The molecule has 0 radical (unpaired) electrons. The van der Waals surface area contributed by atoms with Gasteiger partial charge in [0.25, 0.3) is 0 Å². The molecule has 6 nitrogen and oxygen atoms in total. The van der Waals surface area contributed by atoms with E-state index in [4.69, 9.17) is 4.74 Å². The summed E-state index contributed by atoms with van der Waals surface area (Å²) in [6.45, 7) is 2.87. The average Bonchev–Trinajstić information content (AvgIpc) is 2.98. The number of nitrogens with one attached hydrogen (secondary N) is 2. The lowest BCUT2D eigenvalue weighted by atomic mass is 10.2. The van der Waals surface area contributed by atoms with Crippen LogP contribution in [0, 0.1) is 0 Å². The first kappa shape index (κ1) is 16.8. The van der Waals surface area contributed by atoms with Crippen LogP contribution < -0.4 is 20.3 Å². The molecule has 0 bridgehead atoms. The van der Waals surface area contributed by atoms with Crippen LogP contribution >= 0.6 is 0 Å². The van der Waals surface area contributed by atoms with Crippen molar-refractivity contribution in [3.05, 3.63) is 54.6 Å². The van der Waals surface area contributed by atoms with E-state index >= 15 is 0 Å². The number of para-hydroxylation sites is 3. The molecule has 2 N–H and O–H groups in total. The second-order valence-electron chi connectivity index (χ2n) is 5.77. The van der Waals surface area contributed by atoms with E-state index in [0.29, 0.717) is 24.6 Å². The fraction of sp³-hybridized carbons (Fsp3) is 0.263. The number of benzene rings is 2. The van der Waals surface area contributed by atoms with Crippen LogP contribution in [0.15, 0.2) is 54.6 Å². The second kappa shape index (κ2) is 7.70. The first-order valence-corrected chi connectivity index (χ1v) is 8.32. The molecule has 1 atom stereocenters. The molecule has 0 saturated carbocycles. The largest absolute Gasteiger partial charge is 0.492 e. The number of nitrogens with zero attached hydrogens (tertiary/aromatic N) is 1. The van der Waals surface area contributed by atoms with Crippen molar-refractivity contribution in [1.82, 2.24) is 5.32 Å². The fourth-order valence-electron chi connectivity index (χ4n) is 2.86. The van der Waals surface area contributed by atoms with E-state index in [0.717, 1.165) is 5.69 Å². The molecule has 25 heavy (non-hydrogen) atoms. The Morgan fingerprint density at radius 3 is 2.64 bits per heavy atom. The summed E-state index contributed by atoms with van der Waals surface area (Å²) in [7, 11) is 0. The maximum atomic E-state index is 12.3. The van der Waals surface area contributed by atoms with Crippen LogP contribution in [-0.4, -0.2) is 31.1 Å². The molecule has 1 aliphatic heterocycles. The number of urea groups is 1. The summed E-state index contributed by atoms with van der Waals surface area (Å²) in [5.74, 6) is 0.625. The summed E-state index contributed by atoms with van der Waals surface area (Å²) in [5, 5.41) is 5.65. The Bertz CT molecular complexity index is 749. The van der Waals surface area contributed by atoms with Crippen LogP contribution in [0.3, 0.4) is 0 Å². The Balaban J connectivity index is 1.60. The van der Waals surface area contributed by atoms with Crippen LogP contribution in [-0.2, 0) is 4.79 Å². The number of rotatable bonds is 5. The molecule has 3 rings (SSSR count). The van der Waals surface area contributed by atoms with Gasteiger partial charge >= 0.3 is 6.03 Å². The van der Waals surface area contributed by atoms with Gasteiger partial charge in [0, 0.05) is 18.7 Å². The highest BCUT2D eigenvalue weighted by Crippen LogP contribution is 2.24. The standard InChI is InChI=1S/C19H21N3O3/c1-2-25-17-11-7-6-10-16(17)21-19(24)20-14-12-18(23)22(13-14)15-8-4-3-5-9-15/h3-11,14H,2,12-13H2,1H3,(H2,20,21,24)/t14-/m1/s1. The third-order valence-corrected chi connectivity index (χ3v) is 3.96. The Morgan fingerprint density at radius 2 is 1.88 bits per heavy atom. The quantitative estimate of drug-likeness (QED) is 0.880. The molecule has 6 heteroatoms. The molecule has 3 amide bonds. The molecule has 1 saturated heterocycles. The Labute approximate surface area is 146 Å². The minimum absolute atomic E-state index is 0.00576. The van der Waals surface area contributed by atoms with Gasteiger partial charge in [0.05, 0.1) is 18.3 Å². The fourth-order valence-corrected chi connectivity index (χ4v) is 2.86. The van der Waals surface area contributed by atoms with Gasteiger partial charge in [-0.2, -0.15) is 0 Å². The minimum Gasteiger partial charge on any atom is -0.492 e. The molecule has 1 heterocycles. The lowest BCUT2D eigenvalue weighted by Crippen LogP contribution is -2.39. The van der Waals surface area contributed by atoms with Crippen molar-refractivity contribution in [2.75, 3.05) is 23.4 Å². The smallest absolute Gasteiger partial charge is 0.319 e. The predicted molar refractivity (Wildman–Crippen MR) is 97.0 cm³/mol. The number of ether oxygens (including phenoxy) is 1. The summed E-state index contributed by atoms with van der Waals surface area (Å²) in [4.78, 5) is 26.2. The highest BCUT2D eigenvalue weighted by Gasteiger charge is 2.31. The number of carbonyl (C=O) groups excluding carboxylic acids is 2. The molecule has 1 fully saturated rings. The van der Waals surface area contributed by atoms with Crippen LogP contribution in [0.1, 0.15) is 13.3 Å². The maximum absolute atomic E-state index is 12.3. The molecular weight excluding hydrogens is 318 g/mol. The number of hydrogen-bond donors (Lipinski definition) is 2. The van der Waals surface area contributed by atoms with Crippen molar-refractivity contribution in [1.29, 1.82) is 0 Å². The number of amides is 3. The van der Waals surface area contributed by atoms with Gasteiger partial charge in [-0.25, -0.2) is 4.79 Å². The van der Waals surface area contributed by atoms with Crippen LogP contribution in [0.25, 0.3) is 0 Å². The van der Waals surface area contributed by atoms with Gasteiger partial charge in [-0.1, -0.05) is 30.3 Å². The maximum Gasteiger partial charge on any atom is 0.319 e. The van der Waals surface area contributed by atoms with Crippen LogP contribution in [0.5, 0.6) is 5.75 Å². The number of carbonyl (C=O) groups is 2. The molecule has 130 valence electrons. The zero-order valence-electron chi connectivity index (χ0n) is 14.1. The van der Waals surface area contributed by atoms with Gasteiger partial charge in [-0.15, -0.1) is 0 Å². The van der Waals surface area contributed by atoms with Crippen LogP contribution in [0.2, 0.25) is 0 Å². The Kier molecular flexibility index (Phi) is 5.18. The van der Waals surface area contributed by atoms with Crippen LogP contribution in [0.4, 0.5) is 16.2 Å². The molecule has 0 aliphatic carbocycles. The molecule has 1 aliphatic rings. The molecule has 2 aromatic carbocycles. The zero-order valence-corrected chi connectivity index (χ0v) is 14.1. The Morgan fingerprint density at radius 1 is 1.16 bits per heavy atom. The molecular formula is C19H21N3O3. The summed E-state index contributed by atoms with van der Waals surface area (Å²) in [5.41, 5.74) is 1.45. The van der Waals surface area contributed by atoms with E-state index in [9.17, 15) is 9.59 Å². The van der Waals surface area contributed by atoms with Crippen molar-refractivity contribution < 1.29 is 14.3 Å². The van der Waals surface area contributed by atoms with E-state index in [1.807, 2.05) is 49.4 Å². The van der Waals surface area contributed by atoms with E-state index < -0.39 is 0 Å². The van der Waals surface area contributed by atoms with Crippen molar-refractivity contribution in [2.24, 2.45) is 0 Å². The number of hydrogen-bond acceptors (Lipinski definition) is 3. The van der Waals surface area contributed by atoms with Gasteiger partial charge in [0.15, 0.2) is 0 Å². The van der Waals surface area contributed by atoms with Gasteiger partial charge in [-0.05, 0) is 31.2 Å². The monoisotopic (exact) mass is 339 g/mol. The van der Waals surface area contributed by atoms with E-state index in [1.165, 1.54) is 0 Å². The van der Waals surface area contributed by atoms with E-state index in [-0.39, 0.29) is 24.4 Å². The third-order valence-electron chi connectivity index (χ3n) is 3.96.